The standard InChI is InChI=1S/C27H36N4O5/c1-27(2,14-19-8-4-3-5-9-19)15-21(29-26(34)36-20-10-11-28-16-20)25(33)30-24-22(32)18-35-23(24)17-31-12-6-7-13-31/h3-5,8-11,16,21,23-24,28H,6-7,12-15,17-18H2,1-2H3,(H,29,34)(H,30,33)/t21-,23?,24?/m0/s1. The zero-order valence-corrected chi connectivity index (χ0v) is 21.0. The lowest BCUT2D eigenvalue weighted by Gasteiger charge is -2.31. The summed E-state index contributed by atoms with van der Waals surface area (Å²) in [6.07, 6.45) is 5.39. The predicted octanol–water partition coefficient (Wildman–Crippen LogP) is 2.68. The number of carbonyl (C=O) groups is 3. The molecular formula is C27H36N4O5. The van der Waals surface area contributed by atoms with Gasteiger partial charge in [0.25, 0.3) is 0 Å². The number of hydrogen-bond acceptors (Lipinski definition) is 6. The molecule has 2 aliphatic rings. The third-order valence-electron chi connectivity index (χ3n) is 6.76. The minimum absolute atomic E-state index is 0.0173. The summed E-state index contributed by atoms with van der Waals surface area (Å²) in [5.41, 5.74) is 0.817. The Morgan fingerprint density at radius 1 is 1.19 bits per heavy atom. The van der Waals surface area contributed by atoms with Crippen LogP contribution >= 0.6 is 0 Å². The van der Waals surface area contributed by atoms with Gasteiger partial charge >= 0.3 is 6.09 Å². The van der Waals surface area contributed by atoms with Crippen LogP contribution in [-0.2, 0) is 20.7 Å². The Bertz CT molecular complexity index is 1020. The van der Waals surface area contributed by atoms with Crippen LogP contribution in [0.4, 0.5) is 4.79 Å². The summed E-state index contributed by atoms with van der Waals surface area (Å²) in [5, 5.41) is 5.61. The van der Waals surface area contributed by atoms with Crippen LogP contribution < -0.4 is 15.4 Å². The van der Waals surface area contributed by atoms with E-state index < -0.39 is 30.2 Å². The van der Waals surface area contributed by atoms with Gasteiger partial charge in [-0.15, -0.1) is 0 Å². The van der Waals surface area contributed by atoms with Crippen molar-refractivity contribution in [2.45, 2.75) is 57.7 Å². The number of ether oxygens (including phenoxy) is 2. The number of benzene rings is 1. The molecule has 2 fully saturated rings. The smallest absolute Gasteiger partial charge is 0.409 e. The molecule has 0 spiro atoms. The molecule has 0 aliphatic carbocycles. The fourth-order valence-corrected chi connectivity index (χ4v) is 5.02. The number of likely N-dealkylation sites (tertiary alicyclic amines) is 1. The minimum Gasteiger partial charge on any atom is -0.409 e. The SMILES string of the molecule is CC(C)(Cc1ccccc1)C[C@H](NC(=O)Oc1cc[nH]c1)C(=O)NC1C(=O)COC1CN1CCCC1. The second-order valence-electron chi connectivity index (χ2n) is 10.5. The van der Waals surface area contributed by atoms with Gasteiger partial charge in [0, 0.05) is 18.9 Å². The van der Waals surface area contributed by atoms with Gasteiger partial charge in [-0.1, -0.05) is 44.2 Å². The van der Waals surface area contributed by atoms with Crippen LogP contribution in [0, 0.1) is 5.41 Å². The van der Waals surface area contributed by atoms with E-state index in [1.165, 1.54) is 0 Å². The Morgan fingerprint density at radius 2 is 1.94 bits per heavy atom. The van der Waals surface area contributed by atoms with Gasteiger partial charge in [0.15, 0.2) is 5.78 Å². The molecule has 9 heteroatoms. The molecule has 2 saturated heterocycles. The number of carbonyl (C=O) groups excluding carboxylic acids is 3. The van der Waals surface area contributed by atoms with E-state index in [2.05, 4.69) is 34.4 Å². The van der Waals surface area contributed by atoms with E-state index in [-0.39, 0.29) is 17.8 Å². The van der Waals surface area contributed by atoms with E-state index in [1.807, 2.05) is 30.3 Å². The van der Waals surface area contributed by atoms with E-state index in [0.717, 1.165) is 37.9 Å². The van der Waals surface area contributed by atoms with E-state index in [9.17, 15) is 14.4 Å². The average molecular weight is 497 g/mol. The quantitative estimate of drug-likeness (QED) is 0.466. The highest BCUT2D eigenvalue weighted by molar-refractivity contribution is 5.94. The fourth-order valence-electron chi connectivity index (χ4n) is 5.02. The van der Waals surface area contributed by atoms with Crippen LogP contribution in [0.3, 0.4) is 0 Å². The molecule has 1 aromatic heterocycles. The molecule has 2 amide bonds. The summed E-state index contributed by atoms with van der Waals surface area (Å²) < 4.78 is 11.0. The first-order valence-corrected chi connectivity index (χ1v) is 12.6. The summed E-state index contributed by atoms with van der Waals surface area (Å²) >= 11 is 0. The maximum absolute atomic E-state index is 13.5. The van der Waals surface area contributed by atoms with Crippen molar-refractivity contribution in [3.8, 4) is 5.75 Å². The first-order valence-electron chi connectivity index (χ1n) is 12.6. The van der Waals surface area contributed by atoms with Crippen LogP contribution in [0.1, 0.15) is 38.7 Å². The van der Waals surface area contributed by atoms with Crippen molar-refractivity contribution in [2.24, 2.45) is 5.41 Å². The fraction of sp³-hybridized carbons (Fsp3) is 0.519. The second-order valence-corrected chi connectivity index (χ2v) is 10.5. The van der Waals surface area contributed by atoms with Crippen LogP contribution in [0.2, 0.25) is 0 Å². The maximum atomic E-state index is 13.5. The molecule has 0 saturated carbocycles. The molecule has 0 radical (unpaired) electrons. The predicted molar refractivity (Wildman–Crippen MR) is 135 cm³/mol. The number of ketones is 1. The molecule has 3 N–H and O–H groups in total. The highest BCUT2D eigenvalue weighted by Crippen LogP contribution is 2.28. The Morgan fingerprint density at radius 3 is 2.64 bits per heavy atom. The number of rotatable bonds is 10. The van der Waals surface area contributed by atoms with Crippen molar-refractivity contribution in [1.29, 1.82) is 0 Å². The van der Waals surface area contributed by atoms with Gasteiger partial charge in [-0.3, -0.25) is 9.59 Å². The van der Waals surface area contributed by atoms with Crippen molar-refractivity contribution in [1.82, 2.24) is 20.5 Å². The first-order chi connectivity index (χ1) is 17.3. The molecule has 2 unspecified atom stereocenters. The Kier molecular flexibility index (Phi) is 8.43. The summed E-state index contributed by atoms with van der Waals surface area (Å²) in [6, 6.07) is 10.00. The normalized spacial score (nSPS) is 21.3. The molecule has 0 bridgehead atoms. The topological polar surface area (TPSA) is 113 Å². The van der Waals surface area contributed by atoms with E-state index in [1.54, 1.807) is 18.5 Å². The lowest BCUT2D eigenvalue weighted by molar-refractivity contribution is -0.128. The van der Waals surface area contributed by atoms with Crippen LogP contribution in [0.25, 0.3) is 0 Å². The molecule has 4 rings (SSSR count). The lowest BCUT2D eigenvalue weighted by atomic mass is 9.80. The second kappa shape index (κ2) is 11.7. The Hall–Kier alpha value is -3.17. The third kappa shape index (κ3) is 7.18. The largest absolute Gasteiger partial charge is 0.413 e. The number of amides is 2. The van der Waals surface area contributed by atoms with Crippen molar-refractivity contribution < 1.29 is 23.9 Å². The van der Waals surface area contributed by atoms with Crippen LogP contribution in [0.5, 0.6) is 5.75 Å². The molecule has 2 aliphatic heterocycles. The highest BCUT2D eigenvalue weighted by Gasteiger charge is 2.40. The van der Waals surface area contributed by atoms with Gasteiger partial charge in [-0.2, -0.15) is 0 Å². The van der Waals surface area contributed by atoms with Crippen molar-refractivity contribution in [3.05, 3.63) is 54.4 Å². The molecular weight excluding hydrogens is 460 g/mol. The summed E-state index contributed by atoms with van der Waals surface area (Å²) in [7, 11) is 0. The van der Waals surface area contributed by atoms with Crippen molar-refractivity contribution in [3.63, 3.8) is 0 Å². The zero-order chi connectivity index (χ0) is 25.5. The van der Waals surface area contributed by atoms with Gasteiger partial charge in [0.05, 0.1) is 6.10 Å². The van der Waals surface area contributed by atoms with E-state index >= 15 is 0 Å². The zero-order valence-electron chi connectivity index (χ0n) is 21.0. The lowest BCUT2D eigenvalue weighted by Crippen LogP contribution is -2.56. The molecule has 3 atom stereocenters. The van der Waals surface area contributed by atoms with Gasteiger partial charge < -0.3 is 30.0 Å². The van der Waals surface area contributed by atoms with E-state index in [4.69, 9.17) is 9.47 Å². The molecule has 1 aromatic carbocycles. The number of nitrogens with zero attached hydrogens (tertiary/aromatic N) is 1. The van der Waals surface area contributed by atoms with Crippen molar-refractivity contribution in [2.75, 3.05) is 26.2 Å². The molecule has 3 heterocycles. The minimum atomic E-state index is -0.893. The number of hydrogen-bond donors (Lipinski definition) is 3. The van der Waals surface area contributed by atoms with Gasteiger partial charge in [-0.25, -0.2) is 4.79 Å². The van der Waals surface area contributed by atoms with Gasteiger partial charge in [0.1, 0.15) is 24.4 Å². The summed E-state index contributed by atoms with van der Waals surface area (Å²) in [5.74, 6) is -0.220. The van der Waals surface area contributed by atoms with Crippen LogP contribution in [0.15, 0.2) is 48.8 Å². The average Bonchev–Trinajstić information content (AvgIpc) is 3.59. The Balaban J connectivity index is 1.45. The number of H-pyrrole nitrogens is 1. The number of aromatic nitrogens is 1. The summed E-state index contributed by atoms with van der Waals surface area (Å²) in [6.45, 7) is 6.63. The highest BCUT2D eigenvalue weighted by atomic mass is 16.6. The van der Waals surface area contributed by atoms with E-state index in [0.29, 0.717) is 18.7 Å². The van der Waals surface area contributed by atoms with Crippen LogP contribution in [-0.4, -0.2) is 72.1 Å². The number of nitrogens with one attached hydrogen (secondary N) is 3. The summed E-state index contributed by atoms with van der Waals surface area (Å²) in [4.78, 5) is 43.8. The van der Waals surface area contributed by atoms with Crippen molar-refractivity contribution >= 4 is 17.8 Å². The molecule has 36 heavy (non-hydrogen) atoms. The molecule has 9 nitrogen and oxygen atoms in total. The van der Waals surface area contributed by atoms with Gasteiger partial charge in [0.2, 0.25) is 5.91 Å². The third-order valence-corrected chi connectivity index (χ3v) is 6.76. The molecule has 194 valence electrons. The Labute approximate surface area is 211 Å². The van der Waals surface area contributed by atoms with Gasteiger partial charge in [-0.05, 0) is 55.8 Å². The maximum Gasteiger partial charge on any atom is 0.413 e. The number of aromatic amines is 1. The number of Topliss-reactive ketones (excluding diaryl/α,β-unsaturated/α-hetero) is 1. The first kappa shape index (κ1) is 25.9. The monoisotopic (exact) mass is 496 g/mol. The molecule has 2 aromatic rings.